The highest BCUT2D eigenvalue weighted by Crippen LogP contribution is 2.21. The molecule has 1 aromatic carbocycles. The van der Waals surface area contributed by atoms with Crippen molar-refractivity contribution < 1.29 is 4.79 Å². The summed E-state index contributed by atoms with van der Waals surface area (Å²) in [5.41, 5.74) is 7.78. The molecule has 0 atom stereocenters. The summed E-state index contributed by atoms with van der Waals surface area (Å²) in [7, 11) is 0. The van der Waals surface area contributed by atoms with E-state index in [1.54, 1.807) is 12.1 Å². The lowest BCUT2D eigenvalue weighted by molar-refractivity contribution is 0.0993. The monoisotopic (exact) mass is 267 g/mol. The number of rotatable bonds is 4. The summed E-state index contributed by atoms with van der Waals surface area (Å²) in [6, 6.07) is 5.30. The number of ketones is 1. The third kappa shape index (κ3) is 3.20. The number of nitrogens with two attached hydrogens (primary N) is 1. The molecule has 0 heterocycles. The van der Waals surface area contributed by atoms with Crippen LogP contribution >= 0.6 is 15.9 Å². The maximum atomic E-state index is 11.8. The molecule has 80 valence electrons. The number of anilines is 1. The van der Waals surface area contributed by atoms with E-state index < -0.39 is 0 Å². The minimum Gasteiger partial charge on any atom is -0.398 e. The quantitative estimate of drug-likeness (QED) is 0.515. The molecule has 2 nitrogen and oxygen atoms in total. The Bertz CT molecular complexity index is 399. The van der Waals surface area contributed by atoms with Gasteiger partial charge in [0.2, 0.25) is 0 Å². The van der Waals surface area contributed by atoms with Gasteiger partial charge in [0.25, 0.3) is 0 Å². The first-order chi connectivity index (χ1) is 7.04. The zero-order valence-corrected chi connectivity index (χ0v) is 10.3. The fraction of sp³-hybridized carbons (Fsp3) is 0.250. The van der Waals surface area contributed by atoms with Gasteiger partial charge in [0.05, 0.1) is 0 Å². The maximum Gasteiger partial charge on any atom is 0.168 e. The van der Waals surface area contributed by atoms with Crippen LogP contribution in [0.15, 0.2) is 34.8 Å². The molecule has 0 aliphatic rings. The second-order valence-corrected chi connectivity index (χ2v) is 4.35. The fourth-order valence-corrected chi connectivity index (χ4v) is 1.61. The number of carbonyl (C=O) groups is 1. The average molecular weight is 268 g/mol. The Kier molecular flexibility index (Phi) is 4.09. The van der Waals surface area contributed by atoms with Crippen LogP contribution in [0.2, 0.25) is 0 Å². The van der Waals surface area contributed by atoms with E-state index in [0.29, 0.717) is 17.7 Å². The third-order valence-electron chi connectivity index (χ3n) is 2.22. The predicted octanol–water partition coefficient (Wildman–Crippen LogP) is 3.57. The molecule has 3 heteroatoms. The summed E-state index contributed by atoms with van der Waals surface area (Å²) in [6.07, 6.45) is 1.20. The lowest BCUT2D eigenvalue weighted by Crippen LogP contribution is -2.04. The Morgan fingerprint density at radius 2 is 2.20 bits per heavy atom. The van der Waals surface area contributed by atoms with Crippen molar-refractivity contribution >= 4 is 27.4 Å². The molecule has 2 N–H and O–H groups in total. The van der Waals surface area contributed by atoms with Crippen molar-refractivity contribution in [2.75, 3.05) is 5.73 Å². The van der Waals surface area contributed by atoms with E-state index in [-0.39, 0.29) is 5.78 Å². The lowest BCUT2D eigenvalue weighted by Gasteiger charge is -2.06. The summed E-state index contributed by atoms with van der Waals surface area (Å²) in [5, 5.41) is 0. The summed E-state index contributed by atoms with van der Waals surface area (Å²) < 4.78 is 0.880. The highest BCUT2D eigenvalue weighted by atomic mass is 79.9. The van der Waals surface area contributed by atoms with Crippen molar-refractivity contribution in [3.8, 4) is 0 Å². The van der Waals surface area contributed by atoms with Crippen LogP contribution in [0.1, 0.15) is 30.1 Å². The molecule has 0 spiro atoms. The van der Waals surface area contributed by atoms with Crippen LogP contribution in [0.5, 0.6) is 0 Å². The number of nitrogen functional groups attached to an aromatic ring is 1. The van der Waals surface area contributed by atoms with Gasteiger partial charge in [0.15, 0.2) is 5.78 Å². The first-order valence-electron chi connectivity index (χ1n) is 4.79. The van der Waals surface area contributed by atoms with Gasteiger partial charge in [0, 0.05) is 22.1 Å². The van der Waals surface area contributed by atoms with E-state index in [0.717, 1.165) is 16.5 Å². The fourth-order valence-electron chi connectivity index (χ4n) is 1.23. The van der Waals surface area contributed by atoms with Crippen LogP contribution < -0.4 is 5.73 Å². The zero-order chi connectivity index (χ0) is 11.4. The molecule has 0 aromatic heterocycles. The lowest BCUT2D eigenvalue weighted by atomic mass is 10.0. The SMILES string of the molecule is C=C(CC)CC(=O)c1ccc(Br)cc1N. The van der Waals surface area contributed by atoms with Crippen molar-refractivity contribution in [2.45, 2.75) is 19.8 Å². The van der Waals surface area contributed by atoms with Gasteiger partial charge in [-0.05, 0) is 24.6 Å². The van der Waals surface area contributed by atoms with E-state index in [4.69, 9.17) is 5.73 Å². The molecule has 0 bridgehead atoms. The van der Waals surface area contributed by atoms with Crippen LogP contribution in [0, 0.1) is 0 Å². The summed E-state index contributed by atoms with van der Waals surface area (Å²) in [6.45, 7) is 5.80. The molecule has 0 saturated heterocycles. The molecule has 0 aliphatic carbocycles. The number of benzene rings is 1. The van der Waals surface area contributed by atoms with E-state index in [1.807, 2.05) is 13.0 Å². The third-order valence-corrected chi connectivity index (χ3v) is 2.72. The standard InChI is InChI=1S/C12H14BrNO/c1-3-8(2)6-12(15)10-5-4-9(13)7-11(10)14/h4-5,7H,2-3,6,14H2,1H3. The van der Waals surface area contributed by atoms with Gasteiger partial charge in [0.1, 0.15) is 0 Å². The Balaban J connectivity index is 2.87. The normalized spacial score (nSPS) is 10.0. The summed E-state index contributed by atoms with van der Waals surface area (Å²) in [5.74, 6) is 0.0341. The highest BCUT2D eigenvalue weighted by molar-refractivity contribution is 9.10. The smallest absolute Gasteiger partial charge is 0.168 e. The van der Waals surface area contributed by atoms with Crippen molar-refractivity contribution in [1.29, 1.82) is 0 Å². The number of hydrogen-bond donors (Lipinski definition) is 1. The van der Waals surface area contributed by atoms with E-state index in [2.05, 4.69) is 22.5 Å². The van der Waals surface area contributed by atoms with Crippen molar-refractivity contribution in [1.82, 2.24) is 0 Å². The molecule has 1 aromatic rings. The van der Waals surface area contributed by atoms with Crippen LogP contribution in [-0.2, 0) is 0 Å². The second-order valence-electron chi connectivity index (χ2n) is 3.44. The van der Waals surface area contributed by atoms with Gasteiger partial charge in [-0.1, -0.05) is 35.0 Å². The average Bonchev–Trinajstić information content (AvgIpc) is 2.17. The van der Waals surface area contributed by atoms with Gasteiger partial charge in [-0.2, -0.15) is 0 Å². The van der Waals surface area contributed by atoms with E-state index >= 15 is 0 Å². The largest absolute Gasteiger partial charge is 0.398 e. The van der Waals surface area contributed by atoms with E-state index in [1.165, 1.54) is 0 Å². The number of Topliss-reactive ketones (excluding diaryl/α,β-unsaturated/α-hetero) is 1. The Morgan fingerprint density at radius 3 is 2.73 bits per heavy atom. The van der Waals surface area contributed by atoms with Crippen LogP contribution in [0.25, 0.3) is 0 Å². The summed E-state index contributed by atoms with van der Waals surface area (Å²) in [4.78, 5) is 11.8. The van der Waals surface area contributed by atoms with Crippen LogP contribution in [0.3, 0.4) is 0 Å². The topological polar surface area (TPSA) is 43.1 Å². The molecule has 15 heavy (non-hydrogen) atoms. The van der Waals surface area contributed by atoms with Crippen LogP contribution in [-0.4, -0.2) is 5.78 Å². The minimum absolute atomic E-state index is 0.0341. The van der Waals surface area contributed by atoms with Gasteiger partial charge in [-0.3, -0.25) is 4.79 Å². The van der Waals surface area contributed by atoms with Gasteiger partial charge in [-0.15, -0.1) is 0 Å². The maximum absolute atomic E-state index is 11.8. The molecule has 0 amide bonds. The van der Waals surface area contributed by atoms with Gasteiger partial charge in [-0.25, -0.2) is 0 Å². The Morgan fingerprint density at radius 1 is 1.53 bits per heavy atom. The highest BCUT2D eigenvalue weighted by Gasteiger charge is 2.10. The van der Waals surface area contributed by atoms with E-state index in [9.17, 15) is 4.79 Å². The Labute approximate surface area is 98.3 Å². The molecule has 0 unspecified atom stereocenters. The summed E-state index contributed by atoms with van der Waals surface area (Å²) >= 11 is 3.30. The van der Waals surface area contributed by atoms with Crippen molar-refractivity contribution in [2.24, 2.45) is 0 Å². The van der Waals surface area contributed by atoms with Crippen molar-refractivity contribution in [3.63, 3.8) is 0 Å². The Hall–Kier alpha value is -1.09. The predicted molar refractivity (Wildman–Crippen MR) is 66.9 cm³/mol. The van der Waals surface area contributed by atoms with Crippen LogP contribution in [0.4, 0.5) is 5.69 Å². The number of allylic oxidation sites excluding steroid dienone is 1. The minimum atomic E-state index is 0.0341. The second kappa shape index (κ2) is 5.12. The number of carbonyl (C=O) groups excluding carboxylic acids is 1. The molecule has 0 saturated carbocycles. The molecule has 1 rings (SSSR count). The zero-order valence-electron chi connectivity index (χ0n) is 8.72. The molecular formula is C12H14BrNO. The first-order valence-corrected chi connectivity index (χ1v) is 5.58. The molecule has 0 aliphatic heterocycles. The first kappa shape index (κ1) is 12.0. The molecule has 0 fully saturated rings. The molecular weight excluding hydrogens is 254 g/mol. The number of hydrogen-bond acceptors (Lipinski definition) is 2. The number of halogens is 1. The van der Waals surface area contributed by atoms with Gasteiger partial charge >= 0.3 is 0 Å². The van der Waals surface area contributed by atoms with Crippen molar-refractivity contribution in [3.05, 3.63) is 40.4 Å². The molecule has 0 radical (unpaired) electrons. The van der Waals surface area contributed by atoms with Gasteiger partial charge < -0.3 is 5.73 Å².